The second-order valence-electron chi connectivity index (χ2n) is 9.58. The quantitative estimate of drug-likeness (QED) is 0.266. The van der Waals surface area contributed by atoms with Crippen molar-refractivity contribution in [3.8, 4) is 28.4 Å². The van der Waals surface area contributed by atoms with E-state index in [0.717, 1.165) is 48.0 Å². The number of carboxylic acid groups (broad SMARTS) is 1. The molecule has 8 nitrogen and oxygen atoms in total. The molecule has 1 aliphatic rings. The summed E-state index contributed by atoms with van der Waals surface area (Å²) in [7, 11) is 2.03. The Morgan fingerprint density at radius 1 is 1.05 bits per heavy atom. The Labute approximate surface area is 219 Å². The lowest BCUT2D eigenvalue weighted by atomic mass is 9.80. The normalized spacial score (nSPS) is 17.2. The van der Waals surface area contributed by atoms with Crippen LogP contribution >= 0.6 is 11.6 Å². The molecule has 5 rings (SSSR count). The molecule has 0 aliphatic heterocycles. The summed E-state index contributed by atoms with van der Waals surface area (Å²) in [6.07, 6.45) is 3.23. The number of imidazole rings is 1. The van der Waals surface area contributed by atoms with Crippen molar-refractivity contribution in [2.24, 2.45) is 5.92 Å². The summed E-state index contributed by atoms with van der Waals surface area (Å²) in [5.41, 5.74) is 4.91. The lowest BCUT2D eigenvalue weighted by Crippen LogP contribution is -2.36. The Hall–Kier alpha value is -3.46. The average molecular weight is 521 g/mol. The SMILES string of the molecule is CN(CCO)CCC1CC(Oc2nc3nc(-c4ccc(-c5ccc(C(=O)O)cc5)cc4)c(Cl)cc3[nH]2)C1. The molecule has 4 aromatic rings. The Morgan fingerprint density at radius 2 is 1.70 bits per heavy atom. The molecule has 1 fully saturated rings. The number of H-pyrrole nitrogens is 1. The van der Waals surface area contributed by atoms with Crippen LogP contribution in [0.15, 0.2) is 54.6 Å². The molecule has 37 heavy (non-hydrogen) atoms. The monoisotopic (exact) mass is 520 g/mol. The predicted octanol–water partition coefficient (Wildman–Crippen LogP) is 5.12. The van der Waals surface area contributed by atoms with E-state index in [1.165, 1.54) is 0 Å². The Bertz CT molecular complexity index is 1380. The van der Waals surface area contributed by atoms with Crippen molar-refractivity contribution in [2.75, 3.05) is 26.7 Å². The fourth-order valence-corrected chi connectivity index (χ4v) is 4.89. The second kappa shape index (κ2) is 10.9. The summed E-state index contributed by atoms with van der Waals surface area (Å²) >= 11 is 6.57. The van der Waals surface area contributed by atoms with Crippen LogP contribution in [0.3, 0.4) is 0 Å². The molecular formula is C28H29ClN4O4. The highest BCUT2D eigenvalue weighted by Crippen LogP contribution is 2.35. The van der Waals surface area contributed by atoms with Crippen molar-refractivity contribution in [1.29, 1.82) is 0 Å². The van der Waals surface area contributed by atoms with Crippen LogP contribution in [0.25, 0.3) is 33.5 Å². The number of halogens is 1. The lowest BCUT2D eigenvalue weighted by molar-refractivity contribution is 0.0484. The maximum atomic E-state index is 11.1. The molecule has 0 bridgehead atoms. The van der Waals surface area contributed by atoms with Crippen LogP contribution in [-0.2, 0) is 0 Å². The van der Waals surface area contributed by atoms with Gasteiger partial charge in [0.2, 0.25) is 0 Å². The fraction of sp³-hybridized carbons (Fsp3) is 0.321. The number of likely N-dealkylation sites (N-methyl/N-ethyl adjacent to an activating group) is 1. The number of ether oxygens (including phenoxy) is 1. The van der Waals surface area contributed by atoms with Gasteiger partial charge in [-0.1, -0.05) is 48.0 Å². The van der Waals surface area contributed by atoms with Crippen molar-refractivity contribution in [1.82, 2.24) is 19.9 Å². The number of pyridine rings is 1. The molecule has 0 saturated heterocycles. The molecular weight excluding hydrogens is 492 g/mol. The molecule has 0 radical (unpaired) electrons. The number of aliphatic hydroxyl groups is 1. The van der Waals surface area contributed by atoms with Crippen LogP contribution < -0.4 is 4.74 Å². The number of benzene rings is 2. The molecule has 192 valence electrons. The zero-order valence-electron chi connectivity index (χ0n) is 20.5. The topological polar surface area (TPSA) is 112 Å². The number of aromatic carboxylic acids is 1. The zero-order chi connectivity index (χ0) is 25.9. The summed E-state index contributed by atoms with van der Waals surface area (Å²) in [5, 5.41) is 18.6. The highest BCUT2D eigenvalue weighted by molar-refractivity contribution is 6.33. The average Bonchev–Trinajstić information content (AvgIpc) is 3.26. The number of carbonyl (C=O) groups is 1. The highest BCUT2D eigenvalue weighted by atomic mass is 35.5. The minimum atomic E-state index is -0.944. The number of aliphatic hydroxyl groups excluding tert-OH is 1. The third-order valence-electron chi connectivity index (χ3n) is 6.90. The minimum absolute atomic E-state index is 0.140. The van der Waals surface area contributed by atoms with E-state index >= 15 is 0 Å². The summed E-state index contributed by atoms with van der Waals surface area (Å²) in [6, 6.07) is 16.8. The standard InChI is InChI=1S/C28H29ClN4O4/c1-33(12-13-34)11-10-17-14-22(15-17)37-28-30-24-16-23(29)25(31-26(24)32-28)20-6-2-18(3-7-20)19-4-8-21(9-5-19)27(35)36/h2-9,16-17,22,34H,10-15H2,1H3,(H,35,36)(H,30,31,32). The summed E-state index contributed by atoms with van der Waals surface area (Å²) in [5.74, 6) is -0.312. The first-order chi connectivity index (χ1) is 17.9. The maximum absolute atomic E-state index is 11.1. The van der Waals surface area contributed by atoms with Crippen LogP contribution in [0.5, 0.6) is 6.01 Å². The number of hydrogen-bond acceptors (Lipinski definition) is 6. The van der Waals surface area contributed by atoms with E-state index in [0.29, 0.717) is 34.8 Å². The second-order valence-corrected chi connectivity index (χ2v) is 9.99. The first-order valence-corrected chi connectivity index (χ1v) is 12.7. The molecule has 0 atom stereocenters. The number of carboxylic acids is 1. The number of rotatable bonds is 10. The third kappa shape index (κ3) is 5.77. The van der Waals surface area contributed by atoms with Crippen molar-refractivity contribution in [3.63, 3.8) is 0 Å². The van der Waals surface area contributed by atoms with Crippen LogP contribution in [-0.4, -0.2) is 68.9 Å². The highest BCUT2D eigenvalue weighted by Gasteiger charge is 2.31. The van der Waals surface area contributed by atoms with Crippen molar-refractivity contribution >= 4 is 28.7 Å². The van der Waals surface area contributed by atoms with Gasteiger partial charge in [-0.2, -0.15) is 4.98 Å². The molecule has 1 saturated carbocycles. The number of aromatic amines is 1. The summed E-state index contributed by atoms with van der Waals surface area (Å²) in [4.78, 5) is 25.6. The van der Waals surface area contributed by atoms with Gasteiger partial charge < -0.3 is 24.8 Å². The number of hydrogen-bond donors (Lipinski definition) is 3. The molecule has 0 spiro atoms. The zero-order valence-corrected chi connectivity index (χ0v) is 21.3. The Balaban J connectivity index is 1.24. The van der Waals surface area contributed by atoms with Crippen LogP contribution in [0.2, 0.25) is 5.02 Å². The molecule has 2 aromatic heterocycles. The Kier molecular flexibility index (Phi) is 7.41. The molecule has 0 unspecified atom stereocenters. The smallest absolute Gasteiger partial charge is 0.335 e. The van der Waals surface area contributed by atoms with Gasteiger partial charge >= 0.3 is 5.97 Å². The van der Waals surface area contributed by atoms with Gasteiger partial charge in [-0.3, -0.25) is 0 Å². The van der Waals surface area contributed by atoms with Gasteiger partial charge in [0.1, 0.15) is 6.10 Å². The molecule has 2 heterocycles. The van der Waals surface area contributed by atoms with Crippen molar-refractivity contribution < 1.29 is 19.7 Å². The molecule has 3 N–H and O–H groups in total. The van der Waals surface area contributed by atoms with Gasteiger partial charge in [0.15, 0.2) is 5.65 Å². The van der Waals surface area contributed by atoms with Gasteiger partial charge in [0, 0.05) is 12.1 Å². The first kappa shape index (κ1) is 25.2. The van der Waals surface area contributed by atoms with Gasteiger partial charge in [-0.15, -0.1) is 0 Å². The van der Waals surface area contributed by atoms with Gasteiger partial charge in [0.25, 0.3) is 6.01 Å². The summed E-state index contributed by atoms with van der Waals surface area (Å²) < 4.78 is 6.05. The molecule has 1 aliphatic carbocycles. The number of nitrogens with zero attached hydrogens (tertiary/aromatic N) is 3. The number of aromatic nitrogens is 3. The van der Waals surface area contributed by atoms with E-state index in [-0.39, 0.29) is 18.3 Å². The largest absolute Gasteiger partial charge is 0.478 e. The maximum Gasteiger partial charge on any atom is 0.335 e. The van der Waals surface area contributed by atoms with E-state index in [2.05, 4.69) is 19.9 Å². The number of nitrogens with one attached hydrogen (secondary N) is 1. The molecule has 2 aromatic carbocycles. The molecule has 0 amide bonds. The van der Waals surface area contributed by atoms with E-state index in [4.69, 9.17) is 26.6 Å². The minimum Gasteiger partial charge on any atom is -0.478 e. The van der Waals surface area contributed by atoms with Crippen LogP contribution in [0.4, 0.5) is 0 Å². The van der Waals surface area contributed by atoms with Crippen molar-refractivity contribution in [3.05, 3.63) is 65.2 Å². The summed E-state index contributed by atoms with van der Waals surface area (Å²) in [6.45, 7) is 1.87. The first-order valence-electron chi connectivity index (χ1n) is 12.4. The Morgan fingerprint density at radius 3 is 2.35 bits per heavy atom. The van der Waals surface area contributed by atoms with Gasteiger partial charge in [0.05, 0.1) is 28.4 Å². The lowest BCUT2D eigenvalue weighted by Gasteiger charge is -2.35. The fourth-order valence-electron chi connectivity index (χ4n) is 4.63. The van der Waals surface area contributed by atoms with Gasteiger partial charge in [-0.25, -0.2) is 9.78 Å². The van der Waals surface area contributed by atoms with Gasteiger partial charge in [-0.05, 0) is 68.1 Å². The van der Waals surface area contributed by atoms with E-state index in [9.17, 15) is 4.79 Å². The predicted molar refractivity (Wildman–Crippen MR) is 143 cm³/mol. The van der Waals surface area contributed by atoms with Crippen LogP contribution in [0, 0.1) is 5.92 Å². The van der Waals surface area contributed by atoms with E-state index in [1.807, 2.05) is 37.4 Å². The third-order valence-corrected chi connectivity index (χ3v) is 7.19. The number of fused-ring (bicyclic) bond motifs is 1. The molecule has 9 heteroatoms. The van der Waals surface area contributed by atoms with E-state index < -0.39 is 5.97 Å². The van der Waals surface area contributed by atoms with E-state index in [1.54, 1.807) is 24.3 Å². The van der Waals surface area contributed by atoms with Crippen molar-refractivity contribution in [2.45, 2.75) is 25.4 Å². The van der Waals surface area contributed by atoms with Crippen LogP contribution in [0.1, 0.15) is 29.6 Å².